The average Bonchev–Trinajstić information content (AvgIpc) is 3.43. The van der Waals surface area contributed by atoms with E-state index >= 15 is 0 Å². The molecule has 1 saturated heterocycles. The van der Waals surface area contributed by atoms with Crippen LogP contribution in [0.25, 0.3) is 0 Å². The molecule has 1 amide bonds. The normalized spacial score (nSPS) is 14.7. The number of nitrogens with zero attached hydrogens (tertiary/aromatic N) is 3. The van der Waals surface area contributed by atoms with Crippen LogP contribution in [-0.4, -0.2) is 41.9 Å². The van der Waals surface area contributed by atoms with Gasteiger partial charge in [0, 0.05) is 18.7 Å². The van der Waals surface area contributed by atoms with Crippen molar-refractivity contribution >= 4 is 21.9 Å². The van der Waals surface area contributed by atoms with E-state index in [0.717, 1.165) is 24.0 Å². The Kier molecular flexibility index (Phi) is 5.65. The zero-order valence-corrected chi connectivity index (χ0v) is 17.4. The fraction of sp³-hybridized carbons (Fsp3) is 0.286. The van der Waals surface area contributed by atoms with Crippen molar-refractivity contribution in [3.05, 3.63) is 71.1 Å². The molecule has 8 nitrogen and oxygen atoms in total. The van der Waals surface area contributed by atoms with Crippen LogP contribution in [0.4, 0.5) is 6.01 Å². The number of aromatic nitrogens is 2. The van der Waals surface area contributed by atoms with Crippen LogP contribution in [0.15, 0.2) is 57.8 Å². The maximum Gasteiger partial charge on any atom is 0.322 e. The first-order chi connectivity index (χ1) is 14.4. The van der Waals surface area contributed by atoms with Crippen molar-refractivity contribution in [3.63, 3.8) is 0 Å². The van der Waals surface area contributed by atoms with E-state index in [-0.39, 0.29) is 10.9 Å². The van der Waals surface area contributed by atoms with Gasteiger partial charge in [0.25, 0.3) is 5.91 Å². The van der Waals surface area contributed by atoms with Crippen molar-refractivity contribution in [1.29, 1.82) is 0 Å². The highest BCUT2D eigenvalue weighted by Gasteiger charge is 2.27. The van der Waals surface area contributed by atoms with E-state index in [4.69, 9.17) is 4.42 Å². The number of nitrogens with one attached hydrogen (secondary N) is 1. The highest BCUT2D eigenvalue weighted by atomic mass is 32.2. The molecule has 0 saturated carbocycles. The van der Waals surface area contributed by atoms with Crippen LogP contribution in [0, 0.1) is 6.92 Å². The summed E-state index contributed by atoms with van der Waals surface area (Å²) in [6.45, 7) is 3.08. The summed E-state index contributed by atoms with van der Waals surface area (Å²) in [5.74, 6) is -0.0631. The van der Waals surface area contributed by atoms with Crippen LogP contribution in [0.1, 0.15) is 40.2 Å². The highest BCUT2D eigenvalue weighted by Crippen LogP contribution is 2.21. The van der Waals surface area contributed by atoms with Crippen LogP contribution in [0.2, 0.25) is 0 Å². The number of carbonyl (C=O) groups is 1. The van der Waals surface area contributed by atoms with Gasteiger partial charge >= 0.3 is 6.01 Å². The summed E-state index contributed by atoms with van der Waals surface area (Å²) in [6.07, 6.45) is 2.21. The lowest BCUT2D eigenvalue weighted by atomic mass is 10.1. The second-order valence-electron chi connectivity index (χ2n) is 7.25. The molecule has 30 heavy (non-hydrogen) atoms. The maximum atomic E-state index is 12.6. The first-order valence-electron chi connectivity index (χ1n) is 9.71. The van der Waals surface area contributed by atoms with Crippen LogP contribution >= 0.6 is 0 Å². The number of aryl methyl sites for hydroxylation is 1. The van der Waals surface area contributed by atoms with Crippen LogP contribution in [0.5, 0.6) is 0 Å². The standard InChI is InChI=1S/C21H22N4O4S/c1-15-4-6-16(7-5-15)14-19-23-24-21(29-19)22-20(26)17-8-10-18(11-9-17)30(27,28)25-12-2-3-13-25/h4-11H,2-3,12-14H2,1H3,(H,22,24,26). The first-order valence-corrected chi connectivity index (χ1v) is 11.2. The predicted octanol–water partition coefficient (Wildman–Crippen LogP) is 3.01. The minimum absolute atomic E-state index is 0.00382. The zero-order chi connectivity index (χ0) is 21.1. The molecule has 4 rings (SSSR count). The molecule has 1 aliphatic rings. The highest BCUT2D eigenvalue weighted by molar-refractivity contribution is 7.89. The van der Waals surface area contributed by atoms with Gasteiger partial charge in [0.1, 0.15) is 0 Å². The molecule has 0 bridgehead atoms. The molecule has 0 unspecified atom stereocenters. The molecule has 0 spiro atoms. The molecule has 2 heterocycles. The summed E-state index contributed by atoms with van der Waals surface area (Å²) in [7, 11) is -3.51. The van der Waals surface area contributed by atoms with Gasteiger partial charge in [-0.15, -0.1) is 5.10 Å². The minimum Gasteiger partial charge on any atom is -0.407 e. The smallest absolute Gasteiger partial charge is 0.322 e. The predicted molar refractivity (Wildman–Crippen MR) is 111 cm³/mol. The molecular weight excluding hydrogens is 404 g/mol. The Morgan fingerprint density at radius 1 is 1.03 bits per heavy atom. The maximum absolute atomic E-state index is 12.6. The van der Waals surface area contributed by atoms with Gasteiger partial charge in [0.15, 0.2) is 0 Å². The summed E-state index contributed by atoms with van der Waals surface area (Å²) in [4.78, 5) is 12.6. The molecule has 3 aromatic rings. The van der Waals surface area contributed by atoms with E-state index < -0.39 is 15.9 Å². The molecule has 0 aliphatic carbocycles. The van der Waals surface area contributed by atoms with Crippen LogP contribution < -0.4 is 5.32 Å². The lowest BCUT2D eigenvalue weighted by Crippen LogP contribution is -2.27. The van der Waals surface area contributed by atoms with Gasteiger partial charge in [-0.1, -0.05) is 34.9 Å². The Labute approximate surface area is 175 Å². The molecule has 0 atom stereocenters. The van der Waals surface area contributed by atoms with Crippen LogP contribution in [-0.2, 0) is 16.4 Å². The Morgan fingerprint density at radius 3 is 2.37 bits per heavy atom. The lowest BCUT2D eigenvalue weighted by molar-refractivity contribution is 0.102. The third-order valence-electron chi connectivity index (χ3n) is 4.98. The molecule has 156 valence electrons. The van der Waals surface area contributed by atoms with Gasteiger partial charge in [-0.05, 0) is 49.6 Å². The number of rotatable bonds is 6. The van der Waals surface area contributed by atoms with Gasteiger partial charge in [-0.3, -0.25) is 10.1 Å². The van der Waals surface area contributed by atoms with Gasteiger partial charge in [-0.25, -0.2) is 8.42 Å². The molecule has 0 radical (unpaired) electrons. The fourth-order valence-electron chi connectivity index (χ4n) is 3.28. The molecule has 1 aliphatic heterocycles. The second-order valence-corrected chi connectivity index (χ2v) is 9.19. The molecular formula is C21H22N4O4S. The van der Waals surface area contributed by atoms with Crippen molar-refractivity contribution in [2.45, 2.75) is 31.1 Å². The van der Waals surface area contributed by atoms with E-state index in [0.29, 0.717) is 31.0 Å². The summed E-state index contributed by atoms with van der Waals surface area (Å²) in [6, 6.07) is 13.8. The first kappa shape index (κ1) is 20.2. The van der Waals surface area contributed by atoms with Crippen molar-refractivity contribution in [2.24, 2.45) is 0 Å². The zero-order valence-electron chi connectivity index (χ0n) is 16.5. The largest absolute Gasteiger partial charge is 0.407 e. The van der Waals surface area contributed by atoms with Gasteiger partial charge in [0.2, 0.25) is 15.9 Å². The van der Waals surface area contributed by atoms with E-state index in [2.05, 4.69) is 15.5 Å². The van der Waals surface area contributed by atoms with E-state index in [1.807, 2.05) is 31.2 Å². The SMILES string of the molecule is Cc1ccc(Cc2nnc(NC(=O)c3ccc(S(=O)(=O)N4CCCC4)cc3)o2)cc1. The Bertz CT molecular complexity index is 1130. The number of sulfonamides is 1. The number of hydrogen-bond acceptors (Lipinski definition) is 6. The number of anilines is 1. The molecule has 1 fully saturated rings. The summed E-state index contributed by atoms with van der Waals surface area (Å²) < 4.78 is 32.1. The number of benzene rings is 2. The monoisotopic (exact) mass is 426 g/mol. The van der Waals surface area contributed by atoms with Crippen LogP contribution in [0.3, 0.4) is 0 Å². The van der Waals surface area contributed by atoms with Crippen molar-refractivity contribution in [1.82, 2.24) is 14.5 Å². The summed E-state index contributed by atoms with van der Waals surface area (Å²) in [5, 5.41) is 10.4. The van der Waals surface area contributed by atoms with E-state index in [1.54, 1.807) is 0 Å². The quantitative estimate of drug-likeness (QED) is 0.650. The van der Waals surface area contributed by atoms with Gasteiger partial charge in [0.05, 0.1) is 11.3 Å². The Morgan fingerprint density at radius 2 is 1.70 bits per heavy atom. The molecule has 1 N–H and O–H groups in total. The fourth-order valence-corrected chi connectivity index (χ4v) is 4.80. The molecule has 2 aromatic carbocycles. The van der Waals surface area contributed by atoms with E-state index in [9.17, 15) is 13.2 Å². The Balaban J connectivity index is 1.40. The third kappa shape index (κ3) is 4.42. The summed E-state index contributed by atoms with van der Waals surface area (Å²) >= 11 is 0. The summed E-state index contributed by atoms with van der Waals surface area (Å²) in [5.41, 5.74) is 2.49. The second kappa shape index (κ2) is 8.37. The average molecular weight is 426 g/mol. The topological polar surface area (TPSA) is 105 Å². The van der Waals surface area contributed by atoms with Gasteiger partial charge in [-0.2, -0.15) is 4.31 Å². The number of amides is 1. The third-order valence-corrected chi connectivity index (χ3v) is 6.90. The van der Waals surface area contributed by atoms with Crippen molar-refractivity contribution in [2.75, 3.05) is 18.4 Å². The minimum atomic E-state index is -3.51. The lowest BCUT2D eigenvalue weighted by Gasteiger charge is -2.15. The van der Waals surface area contributed by atoms with Crippen molar-refractivity contribution in [3.8, 4) is 0 Å². The number of hydrogen-bond donors (Lipinski definition) is 1. The Hall–Kier alpha value is -3.04. The molecule has 9 heteroatoms. The van der Waals surface area contributed by atoms with Crippen molar-refractivity contribution < 1.29 is 17.6 Å². The van der Waals surface area contributed by atoms with E-state index in [1.165, 1.54) is 28.6 Å². The molecule has 1 aromatic heterocycles. The number of carbonyl (C=O) groups excluding carboxylic acids is 1. The van der Waals surface area contributed by atoms with Gasteiger partial charge < -0.3 is 4.42 Å².